The van der Waals surface area contributed by atoms with Gasteiger partial charge in [-0.05, 0) is 66.9 Å². The lowest BCUT2D eigenvalue weighted by molar-refractivity contribution is 0.102. The van der Waals surface area contributed by atoms with Crippen LogP contribution in [0.2, 0.25) is 0 Å². The number of rotatable bonds is 5. The van der Waals surface area contributed by atoms with Gasteiger partial charge >= 0.3 is 0 Å². The number of anilines is 1. The molecule has 6 heteroatoms. The molecule has 0 aliphatic carbocycles. The molecule has 1 N–H and O–H groups in total. The van der Waals surface area contributed by atoms with Gasteiger partial charge in [-0.15, -0.1) is 11.8 Å². The molecule has 0 saturated heterocycles. The van der Waals surface area contributed by atoms with Crippen LogP contribution >= 0.6 is 11.8 Å². The summed E-state index contributed by atoms with van der Waals surface area (Å²) in [6.07, 6.45) is 6.96. The van der Waals surface area contributed by atoms with Crippen molar-refractivity contribution in [3.63, 3.8) is 0 Å². The fraction of sp³-hybridized carbons (Fsp3) is 0.0400. The van der Waals surface area contributed by atoms with Gasteiger partial charge in [0.2, 0.25) is 0 Å². The van der Waals surface area contributed by atoms with Gasteiger partial charge in [0, 0.05) is 34.7 Å². The summed E-state index contributed by atoms with van der Waals surface area (Å²) in [4.78, 5) is 16.4. The summed E-state index contributed by atoms with van der Waals surface area (Å²) in [5, 5.41) is 5.18. The van der Waals surface area contributed by atoms with Gasteiger partial charge in [0.1, 0.15) is 5.76 Å². The van der Waals surface area contributed by atoms with E-state index in [0.717, 1.165) is 38.6 Å². The molecule has 3 aromatic heterocycles. The summed E-state index contributed by atoms with van der Waals surface area (Å²) >= 11 is 1.69. The largest absolute Gasteiger partial charge is 0.464 e. The number of hydrogen-bond acceptors (Lipinski definition) is 4. The van der Waals surface area contributed by atoms with E-state index in [1.165, 1.54) is 0 Å². The Bertz CT molecular complexity index is 1340. The second-order valence-corrected chi connectivity index (χ2v) is 7.81. The number of nitrogens with one attached hydrogen (secondary N) is 1. The van der Waals surface area contributed by atoms with Crippen molar-refractivity contribution < 1.29 is 9.21 Å². The van der Waals surface area contributed by atoms with Gasteiger partial charge in [0.05, 0.1) is 22.4 Å². The summed E-state index contributed by atoms with van der Waals surface area (Å²) in [5.41, 5.74) is 4.45. The molecule has 3 heterocycles. The molecule has 0 radical (unpaired) electrons. The van der Waals surface area contributed by atoms with Gasteiger partial charge in [0.25, 0.3) is 5.91 Å². The van der Waals surface area contributed by atoms with Crippen molar-refractivity contribution in [2.45, 2.75) is 5.03 Å². The quantitative estimate of drug-likeness (QED) is 0.338. The number of pyridine rings is 1. The van der Waals surface area contributed by atoms with E-state index in [1.807, 2.05) is 42.5 Å². The fourth-order valence-corrected chi connectivity index (χ4v) is 4.29. The lowest BCUT2D eigenvalue weighted by Gasteiger charge is -2.11. The third kappa shape index (κ3) is 3.62. The molecule has 31 heavy (non-hydrogen) atoms. The van der Waals surface area contributed by atoms with Crippen LogP contribution in [0.3, 0.4) is 0 Å². The molecule has 0 saturated carbocycles. The van der Waals surface area contributed by atoms with E-state index < -0.39 is 0 Å². The number of carbonyl (C=O) groups excluding carboxylic acids is 1. The van der Waals surface area contributed by atoms with Gasteiger partial charge in [-0.1, -0.05) is 12.1 Å². The summed E-state index contributed by atoms with van der Waals surface area (Å²) in [7, 11) is 0. The van der Waals surface area contributed by atoms with Crippen molar-refractivity contribution in [2.75, 3.05) is 11.6 Å². The van der Waals surface area contributed by atoms with Crippen LogP contribution in [-0.4, -0.2) is 21.7 Å². The first-order valence-corrected chi connectivity index (χ1v) is 11.0. The number of amides is 1. The predicted octanol–water partition coefficient (Wildman–Crippen LogP) is 6.26. The minimum atomic E-state index is -0.180. The molecule has 0 unspecified atom stereocenters. The highest BCUT2D eigenvalue weighted by Gasteiger charge is 2.15. The number of nitrogens with zero attached hydrogens (tertiary/aromatic N) is 2. The Hall–Kier alpha value is -3.77. The standard InChI is InChI=1S/C25H19N3O2S/c1-31-24-15-21-20(23-8-4-14-30-23)6-2-7-22(21)28(24)19-11-9-18(10-12-19)27-25(29)17-5-3-13-26-16-17/h2-16H,1H3,(H,27,29). The number of carbonyl (C=O) groups is 1. The van der Waals surface area contributed by atoms with Gasteiger partial charge in [-0.25, -0.2) is 0 Å². The maximum absolute atomic E-state index is 12.4. The number of aromatic nitrogens is 2. The van der Waals surface area contributed by atoms with E-state index in [0.29, 0.717) is 5.56 Å². The summed E-state index contributed by atoms with van der Waals surface area (Å²) in [5.74, 6) is 0.670. The highest BCUT2D eigenvalue weighted by molar-refractivity contribution is 7.98. The Balaban J connectivity index is 1.51. The zero-order chi connectivity index (χ0) is 21.2. The van der Waals surface area contributed by atoms with Crippen molar-refractivity contribution in [3.05, 3.63) is 97.0 Å². The molecule has 0 aliphatic rings. The van der Waals surface area contributed by atoms with Crippen LogP contribution < -0.4 is 5.32 Å². The SMILES string of the molecule is CSc1cc2c(-c3ccco3)cccc2n1-c1ccc(NC(=O)c2cccnc2)cc1. The Morgan fingerprint density at radius 1 is 1.03 bits per heavy atom. The van der Waals surface area contributed by atoms with Crippen LogP contribution in [0.1, 0.15) is 10.4 Å². The normalized spacial score (nSPS) is 11.0. The summed E-state index contributed by atoms with van der Waals surface area (Å²) < 4.78 is 7.87. The average molecular weight is 426 g/mol. The molecule has 0 aliphatic heterocycles. The molecule has 0 bridgehead atoms. The minimum Gasteiger partial charge on any atom is -0.464 e. The maximum atomic E-state index is 12.4. The highest BCUT2D eigenvalue weighted by Crippen LogP contribution is 2.36. The van der Waals surface area contributed by atoms with Crippen LogP contribution in [0.25, 0.3) is 27.9 Å². The topological polar surface area (TPSA) is 60.1 Å². The monoisotopic (exact) mass is 425 g/mol. The average Bonchev–Trinajstić information content (AvgIpc) is 3.48. The lowest BCUT2D eigenvalue weighted by Crippen LogP contribution is -2.12. The first kappa shape index (κ1) is 19.2. The number of benzene rings is 2. The molecule has 5 nitrogen and oxygen atoms in total. The van der Waals surface area contributed by atoms with E-state index in [-0.39, 0.29) is 5.91 Å². The van der Waals surface area contributed by atoms with Crippen LogP contribution in [0.4, 0.5) is 5.69 Å². The van der Waals surface area contributed by atoms with Gasteiger partial charge < -0.3 is 14.3 Å². The molecular weight excluding hydrogens is 406 g/mol. The van der Waals surface area contributed by atoms with Gasteiger partial charge in [0.15, 0.2) is 0 Å². The van der Waals surface area contributed by atoms with E-state index >= 15 is 0 Å². The maximum Gasteiger partial charge on any atom is 0.257 e. The number of furan rings is 1. The molecule has 2 aromatic carbocycles. The molecule has 152 valence electrons. The van der Waals surface area contributed by atoms with Gasteiger partial charge in [-0.2, -0.15) is 0 Å². The van der Waals surface area contributed by atoms with E-state index in [4.69, 9.17) is 4.42 Å². The van der Waals surface area contributed by atoms with Crippen LogP contribution in [0.5, 0.6) is 0 Å². The van der Waals surface area contributed by atoms with Crippen molar-refractivity contribution in [3.8, 4) is 17.0 Å². The molecular formula is C25H19N3O2S. The van der Waals surface area contributed by atoms with E-state index in [9.17, 15) is 4.79 Å². The molecule has 0 fully saturated rings. The second kappa shape index (κ2) is 8.16. The molecule has 0 spiro atoms. The lowest BCUT2D eigenvalue weighted by atomic mass is 10.1. The van der Waals surface area contributed by atoms with E-state index in [1.54, 1.807) is 42.6 Å². The second-order valence-electron chi connectivity index (χ2n) is 6.98. The predicted molar refractivity (Wildman–Crippen MR) is 125 cm³/mol. The third-order valence-corrected chi connectivity index (χ3v) is 5.83. The van der Waals surface area contributed by atoms with Gasteiger partial charge in [-0.3, -0.25) is 9.78 Å². The zero-order valence-corrected chi connectivity index (χ0v) is 17.6. The summed E-state index contributed by atoms with van der Waals surface area (Å²) in [6.45, 7) is 0. The number of hydrogen-bond donors (Lipinski definition) is 1. The minimum absolute atomic E-state index is 0.180. The Morgan fingerprint density at radius 2 is 1.90 bits per heavy atom. The highest BCUT2D eigenvalue weighted by atomic mass is 32.2. The fourth-order valence-electron chi connectivity index (χ4n) is 3.66. The first-order valence-electron chi connectivity index (χ1n) is 9.79. The van der Waals surface area contributed by atoms with Crippen molar-refractivity contribution in [1.29, 1.82) is 0 Å². The molecule has 0 atom stereocenters. The molecule has 1 amide bonds. The van der Waals surface area contributed by atoms with Crippen molar-refractivity contribution in [2.24, 2.45) is 0 Å². The Labute approximate surface area is 183 Å². The van der Waals surface area contributed by atoms with Crippen LogP contribution in [0, 0.1) is 0 Å². The molecule has 5 aromatic rings. The molecule has 5 rings (SSSR count). The third-order valence-electron chi connectivity index (χ3n) is 5.12. The number of thioether (sulfide) groups is 1. The Morgan fingerprint density at radius 3 is 2.61 bits per heavy atom. The Kier molecular flexibility index (Phi) is 5.06. The summed E-state index contributed by atoms with van der Waals surface area (Å²) in [6, 6.07) is 23.6. The smallest absolute Gasteiger partial charge is 0.257 e. The van der Waals surface area contributed by atoms with Crippen LogP contribution in [-0.2, 0) is 0 Å². The van der Waals surface area contributed by atoms with E-state index in [2.05, 4.69) is 39.3 Å². The van der Waals surface area contributed by atoms with Crippen molar-refractivity contribution in [1.82, 2.24) is 9.55 Å². The first-order chi connectivity index (χ1) is 15.2. The zero-order valence-electron chi connectivity index (χ0n) is 16.8. The van der Waals surface area contributed by atoms with Crippen LogP contribution in [0.15, 0.2) is 101 Å². The van der Waals surface area contributed by atoms with Crippen molar-refractivity contribution >= 4 is 34.3 Å². The number of fused-ring (bicyclic) bond motifs is 1.